The summed E-state index contributed by atoms with van der Waals surface area (Å²) in [5.74, 6) is -0.272. The molecule has 1 saturated carbocycles. The Balaban J connectivity index is 1.93. The van der Waals surface area contributed by atoms with Crippen molar-refractivity contribution in [3.8, 4) is 10.4 Å². The average molecular weight is 408 g/mol. The van der Waals surface area contributed by atoms with Crippen LogP contribution in [-0.4, -0.2) is 34.8 Å². The van der Waals surface area contributed by atoms with Crippen LogP contribution in [0.5, 0.6) is 0 Å². The average Bonchev–Trinajstić information content (AvgIpc) is 3.26. The highest BCUT2D eigenvalue weighted by atomic mass is 79.9. The molecule has 2 amide bonds. The summed E-state index contributed by atoms with van der Waals surface area (Å²) in [4.78, 5) is 31.0. The van der Waals surface area contributed by atoms with Crippen molar-refractivity contribution in [1.82, 2.24) is 9.88 Å². The van der Waals surface area contributed by atoms with Gasteiger partial charge in [0.15, 0.2) is 3.92 Å². The number of nitrogens with two attached hydrogens (primary N) is 1. The fourth-order valence-electron chi connectivity index (χ4n) is 2.51. The molecule has 1 aromatic heterocycles. The summed E-state index contributed by atoms with van der Waals surface area (Å²) in [5, 5.41) is 0. The molecule has 0 unspecified atom stereocenters. The second-order valence-electron chi connectivity index (χ2n) is 6.11. The van der Waals surface area contributed by atoms with E-state index in [9.17, 15) is 9.59 Å². The van der Waals surface area contributed by atoms with Crippen molar-refractivity contribution in [3.63, 3.8) is 0 Å². The van der Waals surface area contributed by atoms with Gasteiger partial charge in [0.2, 0.25) is 5.91 Å². The highest BCUT2D eigenvalue weighted by Crippen LogP contribution is 2.35. The number of aromatic nitrogens is 1. The highest BCUT2D eigenvalue weighted by Gasteiger charge is 2.30. The third-order valence-electron chi connectivity index (χ3n) is 3.93. The van der Waals surface area contributed by atoms with Gasteiger partial charge in [-0.05, 0) is 47.2 Å². The molecule has 5 nitrogen and oxygen atoms in total. The Morgan fingerprint density at radius 3 is 2.58 bits per heavy atom. The second kappa shape index (κ2) is 7.03. The van der Waals surface area contributed by atoms with Crippen LogP contribution >= 0.6 is 27.3 Å². The van der Waals surface area contributed by atoms with Gasteiger partial charge in [-0.25, -0.2) is 4.98 Å². The summed E-state index contributed by atoms with van der Waals surface area (Å²) in [6.45, 7) is 2.50. The molecular weight excluding hydrogens is 390 g/mol. The van der Waals surface area contributed by atoms with Gasteiger partial charge < -0.3 is 10.6 Å². The van der Waals surface area contributed by atoms with Gasteiger partial charge >= 0.3 is 0 Å². The topological polar surface area (TPSA) is 76.3 Å². The molecule has 0 spiro atoms. The van der Waals surface area contributed by atoms with E-state index in [1.54, 1.807) is 0 Å². The number of nitrogens with zero attached hydrogens (tertiary/aromatic N) is 2. The number of carbonyl (C=O) groups is 2. The Hall–Kier alpha value is -1.73. The number of amides is 2. The zero-order chi connectivity index (χ0) is 17.3. The van der Waals surface area contributed by atoms with Gasteiger partial charge in [0.1, 0.15) is 5.69 Å². The van der Waals surface area contributed by atoms with E-state index in [4.69, 9.17) is 5.73 Å². The van der Waals surface area contributed by atoms with Gasteiger partial charge in [-0.3, -0.25) is 9.59 Å². The standard InChI is InChI=1S/C17H18BrN3O2S/c1-10-2-6-12(7-3-10)15-14(20-17(18)24-15)16(23)21(9-13(19)22)8-11-4-5-11/h2-3,6-7,11H,4-5,8-9H2,1H3,(H2,19,22). The van der Waals surface area contributed by atoms with E-state index in [-0.39, 0.29) is 12.5 Å². The number of hydrogen-bond donors (Lipinski definition) is 1. The summed E-state index contributed by atoms with van der Waals surface area (Å²) in [7, 11) is 0. The maximum absolute atomic E-state index is 13.0. The van der Waals surface area contributed by atoms with Gasteiger partial charge in [-0.15, -0.1) is 11.3 Å². The zero-order valence-corrected chi connectivity index (χ0v) is 15.7. The molecule has 0 saturated heterocycles. The first-order chi connectivity index (χ1) is 11.4. The Morgan fingerprint density at radius 2 is 2.00 bits per heavy atom. The number of hydrogen-bond acceptors (Lipinski definition) is 4. The number of aryl methyl sites for hydroxylation is 1. The fourth-order valence-corrected chi connectivity index (χ4v) is 3.96. The minimum atomic E-state index is -0.504. The highest BCUT2D eigenvalue weighted by molar-refractivity contribution is 9.11. The van der Waals surface area contributed by atoms with E-state index in [0.29, 0.717) is 22.1 Å². The van der Waals surface area contributed by atoms with Crippen molar-refractivity contribution < 1.29 is 9.59 Å². The van der Waals surface area contributed by atoms with E-state index in [0.717, 1.165) is 28.8 Å². The molecule has 24 heavy (non-hydrogen) atoms. The van der Waals surface area contributed by atoms with Crippen LogP contribution < -0.4 is 5.73 Å². The van der Waals surface area contributed by atoms with Crippen molar-refractivity contribution >= 4 is 39.1 Å². The fraction of sp³-hybridized carbons (Fsp3) is 0.353. The van der Waals surface area contributed by atoms with Crippen LogP contribution in [0.15, 0.2) is 28.2 Å². The molecular formula is C17H18BrN3O2S. The summed E-state index contributed by atoms with van der Waals surface area (Å²) >= 11 is 4.79. The minimum absolute atomic E-state index is 0.0716. The van der Waals surface area contributed by atoms with Crippen molar-refractivity contribution in [2.45, 2.75) is 19.8 Å². The van der Waals surface area contributed by atoms with Gasteiger partial charge in [0.25, 0.3) is 5.91 Å². The Morgan fingerprint density at radius 1 is 1.33 bits per heavy atom. The normalized spacial score (nSPS) is 13.8. The Kier molecular flexibility index (Phi) is 5.01. The van der Waals surface area contributed by atoms with Gasteiger partial charge in [-0.2, -0.15) is 0 Å². The number of primary amides is 1. The van der Waals surface area contributed by atoms with Crippen molar-refractivity contribution in [2.75, 3.05) is 13.1 Å². The molecule has 1 aromatic carbocycles. The summed E-state index contributed by atoms with van der Waals surface area (Å²) < 4.78 is 0.645. The Bertz CT molecular complexity index is 769. The lowest BCUT2D eigenvalue weighted by Crippen LogP contribution is -2.40. The lowest BCUT2D eigenvalue weighted by atomic mass is 10.1. The summed E-state index contributed by atoms with van der Waals surface area (Å²) in [6.07, 6.45) is 2.18. The minimum Gasteiger partial charge on any atom is -0.368 e. The number of halogens is 1. The molecule has 1 aliphatic rings. The van der Waals surface area contributed by atoms with Crippen LogP contribution in [0.25, 0.3) is 10.4 Å². The van der Waals surface area contributed by atoms with Gasteiger partial charge in [-0.1, -0.05) is 29.8 Å². The first-order valence-electron chi connectivity index (χ1n) is 7.75. The molecule has 3 rings (SSSR count). The quantitative estimate of drug-likeness (QED) is 0.798. The van der Waals surface area contributed by atoms with E-state index < -0.39 is 5.91 Å². The maximum atomic E-state index is 13.0. The molecule has 0 radical (unpaired) electrons. The van der Waals surface area contributed by atoms with E-state index in [1.165, 1.54) is 16.2 Å². The number of carbonyl (C=O) groups excluding carboxylic acids is 2. The molecule has 1 fully saturated rings. The van der Waals surface area contributed by atoms with E-state index >= 15 is 0 Å². The van der Waals surface area contributed by atoms with Gasteiger partial charge in [0.05, 0.1) is 11.4 Å². The van der Waals surface area contributed by atoms with Crippen molar-refractivity contribution in [1.29, 1.82) is 0 Å². The predicted molar refractivity (Wildman–Crippen MR) is 97.8 cm³/mol. The van der Waals surface area contributed by atoms with Crippen molar-refractivity contribution in [2.24, 2.45) is 11.7 Å². The van der Waals surface area contributed by atoms with E-state index in [1.807, 2.05) is 31.2 Å². The molecule has 2 N–H and O–H groups in total. The third-order valence-corrected chi connectivity index (χ3v) is 5.48. The second-order valence-corrected chi connectivity index (χ2v) is 8.38. The smallest absolute Gasteiger partial charge is 0.274 e. The lowest BCUT2D eigenvalue weighted by molar-refractivity contribution is -0.118. The molecule has 1 heterocycles. The SMILES string of the molecule is Cc1ccc(-c2sc(Br)nc2C(=O)N(CC(N)=O)CC2CC2)cc1. The maximum Gasteiger partial charge on any atom is 0.274 e. The van der Waals surface area contributed by atoms with Gasteiger partial charge in [0, 0.05) is 6.54 Å². The monoisotopic (exact) mass is 407 g/mol. The summed E-state index contributed by atoms with van der Waals surface area (Å²) in [5.41, 5.74) is 7.78. The zero-order valence-electron chi connectivity index (χ0n) is 13.3. The van der Waals surface area contributed by atoms with E-state index in [2.05, 4.69) is 20.9 Å². The molecule has 0 bridgehead atoms. The van der Waals surface area contributed by atoms with Crippen LogP contribution in [0.4, 0.5) is 0 Å². The first-order valence-corrected chi connectivity index (χ1v) is 9.36. The van der Waals surface area contributed by atoms with Crippen molar-refractivity contribution in [3.05, 3.63) is 39.4 Å². The summed E-state index contributed by atoms with van der Waals surface area (Å²) in [6, 6.07) is 7.96. The predicted octanol–water partition coefficient (Wildman–Crippen LogP) is 3.22. The molecule has 126 valence electrons. The first kappa shape index (κ1) is 17.1. The number of rotatable bonds is 6. The molecule has 0 atom stereocenters. The molecule has 0 aliphatic heterocycles. The van der Waals surface area contributed by atoms with Crippen LogP contribution in [-0.2, 0) is 4.79 Å². The van der Waals surface area contributed by atoms with Crippen LogP contribution in [0.1, 0.15) is 28.9 Å². The molecule has 1 aliphatic carbocycles. The number of benzene rings is 1. The largest absolute Gasteiger partial charge is 0.368 e. The van der Waals surface area contributed by atoms with Crippen LogP contribution in [0, 0.1) is 12.8 Å². The van der Waals surface area contributed by atoms with Crippen LogP contribution in [0.2, 0.25) is 0 Å². The third kappa shape index (κ3) is 4.02. The lowest BCUT2D eigenvalue weighted by Gasteiger charge is -2.20. The van der Waals surface area contributed by atoms with Crippen LogP contribution in [0.3, 0.4) is 0 Å². The molecule has 7 heteroatoms. The Labute approximate surface area is 153 Å². The number of thiazole rings is 1. The molecule has 2 aromatic rings.